The number of fused-ring (bicyclic) bond motifs is 2. The first-order valence-electron chi connectivity index (χ1n) is 7.36. The van der Waals surface area contributed by atoms with E-state index in [0.717, 1.165) is 12.1 Å². The van der Waals surface area contributed by atoms with E-state index in [4.69, 9.17) is 0 Å². The lowest BCUT2D eigenvalue weighted by molar-refractivity contribution is -0.223. The SMILES string of the molecule is CN(C)CC1c2ccccc2C(F)(F)C(F)(F)c2ccccc21. The number of likely N-dealkylation sites (N-methyl/N-ethyl adjacent to an activating group) is 1. The molecule has 0 bridgehead atoms. The van der Waals surface area contributed by atoms with Gasteiger partial charge in [0.1, 0.15) is 0 Å². The Labute approximate surface area is 132 Å². The van der Waals surface area contributed by atoms with Crippen LogP contribution in [0.25, 0.3) is 0 Å². The first-order chi connectivity index (χ1) is 10.8. The second kappa shape index (κ2) is 5.34. The molecule has 0 atom stereocenters. The summed E-state index contributed by atoms with van der Waals surface area (Å²) in [5.41, 5.74) is -0.659. The van der Waals surface area contributed by atoms with Gasteiger partial charge in [-0.25, -0.2) is 0 Å². The van der Waals surface area contributed by atoms with Crippen LogP contribution in [0.3, 0.4) is 0 Å². The predicted molar refractivity (Wildman–Crippen MR) is 81.1 cm³/mol. The minimum Gasteiger partial charge on any atom is -0.308 e. The number of hydrogen-bond acceptors (Lipinski definition) is 1. The van der Waals surface area contributed by atoms with Crippen molar-refractivity contribution in [1.29, 1.82) is 0 Å². The molecule has 1 nitrogen and oxygen atoms in total. The maximum atomic E-state index is 14.7. The van der Waals surface area contributed by atoms with Crippen LogP contribution in [0.5, 0.6) is 0 Å². The van der Waals surface area contributed by atoms with Crippen LogP contribution >= 0.6 is 0 Å². The van der Waals surface area contributed by atoms with Crippen LogP contribution in [-0.2, 0) is 11.8 Å². The highest BCUT2D eigenvalue weighted by Crippen LogP contribution is 2.55. The molecule has 2 aromatic rings. The van der Waals surface area contributed by atoms with Crippen molar-refractivity contribution < 1.29 is 17.6 Å². The van der Waals surface area contributed by atoms with Gasteiger partial charge in [-0.2, -0.15) is 17.6 Å². The summed E-state index contributed by atoms with van der Waals surface area (Å²) in [6.45, 7) is 0.375. The topological polar surface area (TPSA) is 3.24 Å². The third-order valence-corrected chi connectivity index (χ3v) is 4.29. The first-order valence-corrected chi connectivity index (χ1v) is 7.36. The van der Waals surface area contributed by atoms with Crippen molar-refractivity contribution in [1.82, 2.24) is 4.90 Å². The maximum absolute atomic E-state index is 14.7. The Bertz CT molecular complexity index is 667. The molecule has 1 aliphatic carbocycles. The van der Waals surface area contributed by atoms with Gasteiger partial charge in [0, 0.05) is 23.6 Å². The molecule has 0 radical (unpaired) electrons. The average molecular weight is 323 g/mol. The normalized spacial score (nSPS) is 19.1. The summed E-state index contributed by atoms with van der Waals surface area (Å²) in [5, 5.41) is 0. The van der Waals surface area contributed by atoms with E-state index >= 15 is 0 Å². The molecule has 0 aliphatic heterocycles. The second-order valence-electron chi connectivity index (χ2n) is 6.14. The van der Waals surface area contributed by atoms with Crippen molar-refractivity contribution in [2.45, 2.75) is 17.8 Å². The third kappa shape index (κ3) is 2.34. The predicted octanol–water partition coefficient (Wildman–Crippen LogP) is 4.58. The lowest BCUT2D eigenvalue weighted by atomic mass is 9.87. The Morgan fingerprint density at radius 2 is 1.17 bits per heavy atom. The van der Waals surface area contributed by atoms with Gasteiger partial charge in [-0.3, -0.25) is 0 Å². The molecular weight excluding hydrogens is 306 g/mol. The summed E-state index contributed by atoms with van der Waals surface area (Å²) in [5.74, 6) is -9.03. The fraction of sp³-hybridized carbons (Fsp3) is 0.333. The Balaban J connectivity index is 2.36. The zero-order chi connectivity index (χ0) is 16.8. The van der Waals surface area contributed by atoms with Gasteiger partial charge in [-0.15, -0.1) is 0 Å². The quantitative estimate of drug-likeness (QED) is 0.731. The van der Waals surface area contributed by atoms with Crippen LogP contribution in [-0.4, -0.2) is 25.5 Å². The van der Waals surface area contributed by atoms with Crippen LogP contribution in [0, 0.1) is 0 Å². The van der Waals surface area contributed by atoms with Crippen molar-refractivity contribution in [2.24, 2.45) is 0 Å². The molecule has 0 amide bonds. The van der Waals surface area contributed by atoms with Crippen LogP contribution in [0.1, 0.15) is 28.2 Å². The summed E-state index contributed by atoms with van der Waals surface area (Å²) < 4.78 is 58.6. The van der Waals surface area contributed by atoms with Gasteiger partial charge in [-0.05, 0) is 25.2 Å². The zero-order valence-corrected chi connectivity index (χ0v) is 12.9. The fourth-order valence-corrected chi connectivity index (χ4v) is 3.24. The molecule has 5 heteroatoms. The van der Waals surface area contributed by atoms with Crippen molar-refractivity contribution in [2.75, 3.05) is 20.6 Å². The van der Waals surface area contributed by atoms with E-state index in [2.05, 4.69) is 0 Å². The molecule has 0 saturated carbocycles. The number of rotatable bonds is 2. The largest absolute Gasteiger partial charge is 0.340 e. The monoisotopic (exact) mass is 323 g/mol. The van der Waals surface area contributed by atoms with E-state index in [9.17, 15) is 17.6 Å². The second-order valence-corrected chi connectivity index (χ2v) is 6.14. The van der Waals surface area contributed by atoms with E-state index in [1.807, 2.05) is 4.90 Å². The smallest absolute Gasteiger partial charge is 0.308 e. The number of halogens is 4. The molecule has 23 heavy (non-hydrogen) atoms. The zero-order valence-electron chi connectivity index (χ0n) is 12.9. The van der Waals surface area contributed by atoms with Gasteiger partial charge >= 0.3 is 11.8 Å². The molecular formula is C18H17F4N. The standard InChI is InChI=1S/C18H17F4N/c1-23(2)11-14-12-7-3-5-9-15(12)17(19,20)18(21,22)16-10-6-4-8-13(14)16/h3-10,14H,11H2,1-2H3. The first kappa shape index (κ1) is 16.0. The van der Waals surface area contributed by atoms with Gasteiger partial charge < -0.3 is 4.90 Å². The van der Waals surface area contributed by atoms with Crippen LogP contribution in [0.2, 0.25) is 0 Å². The summed E-state index contributed by atoms with van der Waals surface area (Å²) in [6.07, 6.45) is 0. The number of benzene rings is 2. The lowest BCUT2D eigenvalue weighted by Crippen LogP contribution is -2.35. The van der Waals surface area contributed by atoms with Crippen molar-refractivity contribution in [3.8, 4) is 0 Å². The molecule has 3 rings (SSSR count). The molecule has 0 heterocycles. The van der Waals surface area contributed by atoms with Crippen molar-refractivity contribution in [3.05, 3.63) is 70.8 Å². The van der Waals surface area contributed by atoms with E-state index in [1.54, 1.807) is 26.2 Å². The highest BCUT2D eigenvalue weighted by Gasteiger charge is 2.62. The number of alkyl halides is 4. The van der Waals surface area contributed by atoms with Crippen LogP contribution < -0.4 is 0 Å². The van der Waals surface area contributed by atoms with Gasteiger partial charge in [0.05, 0.1) is 0 Å². The van der Waals surface area contributed by atoms with Crippen molar-refractivity contribution >= 4 is 0 Å². The Hall–Kier alpha value is -1.88. The summed E-state index contributed by atoms with van der Waals surface area (Å²) >= 11 is 0. The van der Waals surface area contributed by atoms with Gasteiger partial charge in [0.2, 0.25) is 0 Å². The molecule has 0 saturated heterocycles. The van der Waals surface area contributed by atoms with Crippen molar-refractivity contribution in [3.63, 3.8) is 0 Å². The summed E-state index contributed by atoms with van der Waals surface area (Å²) in [6, 6.07) is 11.3. The molecule has 0 spiro atoms. The van der Waals surface area contributed by atoms with Crippen LogP contribution in [0.4, 0.5) is 17.6 Å². The molecule has 1 aliphatic rings. The van der Waals surface area contributed by atoms with E-state index < -0.39 is 28.9 Å². The maximum Gasteiger partial charge on any atom is 0.340 e. The minimum absolute atomic E-state index is 0.260. The molecule has 0 aromatic heterocycles. The highest BCUT2D eigenvalue weighted by molar-refractivity contribution is 5.50. The molecule has 0 N–H and O–H groups in total. The molecule has 0 unspecified atom stereocenters. The third-order valence-electron chi connectivity index (χ3n) is 4.29. The Morgan fingerprint density at radius 1 is 0.783 bits per heavy atom. The molecule has 2 aromatic carbocycles. The lowest BCUT2D eigenvalue weighted by Gasteiger charge is -2.26. The highest BCUT2D eigenvalue weighted by atomic mass is 19.3. The summed E-state index contributed by atoms with van der Waals surface area (Å²) in [4.78, 5) is 1.82. The van der Waals surface area contributed by atoms with E-state index in [-0.39, 0.29) is 11.1 Å². The number of hydrogen-bond donors (Lipinski definition) is 0. The van der Waals surface area contributed by atoms with Gasteiger partial charge in [0.25, 0.3) is 0 Å². The van der Waals surface area contributed by atoms with Gasteiger partial charge in [-0.1, -0.05) is 48.5 Å². The Kier molecular flexibility index (Phi) is 3.71. The Morgan fingerprint density at radius 3 is 1.57 bits per heavy atom. The minimum atomic E-state index is -4.25. The van der Waals surface area contributed by atoms with Gasteiger partial charge in [0.15, 0.2) is 0 Å². The van der Waals surface area contributed by atoms with E-state index in [0.29, 0.717) is 6.54 Å². The fourth-order valence-electron chi connectivity index (χ4n) is 3.24. The summed E-state index contributed by atoms with van der Waals surface area (Å²) in [7, 11) is 3.60. The molecule has 122 valence electrons. The molecule has 0 fully saturated rings. The number of nitrogens with zero attached hydrogens (tertiary/aromatic N) is 1. The average Bonchev–Trinajstić information content (AvgIpc) is 2.56. The van der Waals surface area contributed by atoms with E-state index in [1.165, 1.54) is 24.3 Å². The van der Waals surface area contributed by atoms with Crippen LogP contribution in [0.15, 0.2) is 48.5 Å².